The lowest BCUT2D eigenvalue weighted by atomic mass is 9.87. The van der Waals surface area contributed by atoms with Crippen molar-refractivity contribution in [3.05, 3.63) is 93.7 Å². The van der Waals surface area contributed by atoms with Crippen molar-refractivity contribution >= 4 is 28.6 Å². The number of aromatic nitrogens is 3. The van der Waals surface area contributed by atoms with Crippen molar-refractivity contribution in [3.8, 4) is 11.6 Å². The Hall–Kier alpha value is -4.90. The van der Waals surface area contributed by atoms with Gasteiger partial charge in [-0.2, -0.15) is 0 Å². The molecular weight excluding hydrogens is 560 g/mol. The summed E-state index contributed by atoms with van der Waals surface area (Å²) in [7, 11) is 1.55. The SMILES string of the molecule is COc1ccc(-n2cnc3ccc(CN4CCC(c5ccc6c(c5)CN(C5CCC(=O)NC5=O)C6=O)CC4)cc3c2=O)cn1. The van der Waals surface area contributed by atoms with Crippen LogP contribution >= 0.6 is 0 Å². The Morgan fingerprint density at radius 2 is 1.80 bits per heavy atom. The number of fused-ring (bicyclic) bond motifs is 2. The molecule has 7 rings (SSSR count). The van der Waals surface area contributed by atoms with E-state index in [1.807, 2.05) is 30.3 Å². The summed E-state index contributed by atoms with van der Waals surface area (Å²) in [5.74, 6) is 0.0333. The van der Waals surface area contributed by atoms with Crippen molar-refractivity contribution in [1.82, 2.24) is 29.7 Å². The molecule has 3 amide bonds. The Balaban J connectivity index is 1.01. The van der Waals surface area contributed by atoms with Gasteiger partial charge >= 0.3 is 0 Å². The fourth-order valence-corrected chi connectivity index (χ4v) is 6.62. The van der Waals surface area contributed by atoms with Gasteiger partial charge < -0.3 is 9.64 Å². The first-order valence-corrected chi connectivity index (χ1v) is 14.9. The first-order chi connectivity index (χ1) is 21.4. The zero-order valence-corrected chi connectivity index (χ0v) is 24.4. The quantitative estimate of drug-likeness (QED) is 0.339. The molecule has 11 nitrogen and oxygen atoms in total. The van der Waals surface area contributed by atoms with Crippen LogP contribution in [-0.4, -0.2) is 68.3 Å². The van der Waals surface area contributed by atoms with Crippen LogP contribution in [0.4, 0.5) is 0 Å². The summed E-state index contributed by atoms with van der Waals surface area (Å²) in [5, 5.41) is 2.92. The molecule has 2 aromatic carbocycles. The van der Waals surface area contributed by atoms with E-state index in [2.05, 4.69) is 26.3 Å². The van der Waals surface area contributed by atoms with Crippen LogP contribution in [0, 0.1) is 0 Å². The molecule has 0 spiro atoms. The normalized spacial score (nSPS) is 19.3. The fraction of sp³-hybridized carbons (Fsp3) is 0.333. The van der Waals surface area contributed by atoms with Gasteiger partial charge in [0.1, 0.15) is 12.4 Å². The number of benzene rings is 2. The van der Waals surface area contributed by atoms with E-state index in [0.29, 0.717) is 46.9 Å². The van der Waals surface area contributed by atoms with Crippen LogP contribution in [-0.2, 0) is 22.7 Å². The Labute approximate surface area is 253 Å². The van der Waals surface area contributed by atoms with E-state index in [1.54, 1.807) is 30.3 Å². The second kappa shape index (κ2) is 11.3. The standard InChI is InChI=1S/C33H32N6O5/c1-44-30-9-4-24(16-34-30)39-19-35-27-6-2-20(14-26(27)33(39)43)17-37-12-10-21(11-13-37)22-3-5-25-23(15-22)18-38(32(25)42)28-7-8-29(40)36-31(28)41/h2-6,9,14-16,19,21,28H,7-8,10-13,17-18H2,1H3,(H,36,40,41). The van der Waals surface area contributed by atoms with Crippen molar-refractivity contribution in [2.24, 2.45) is 0 Å². The average molecular weight is 593 g/mol. The second-order valence-corrected chi connectivity index (χ2v) is 11.7. The molecule has 0 saturated carbocycles. The number of nitrogens with zero attached hydrogens (tertiary/aromatic N) is 5. The van der Waals surface area contributed by atoms with Crippen molar-refractivity contribution < 1.29 is 19.1 Å². The summed E-state index contributed by atoms with van der Waals surface area (Å²) in [6, 6.07) is 14.8. The molecule has 2 fully saturated rings. The number of hydrogen-bond acceptors (Lipinski definition) is 8. The molecule has 1 unspecified atom stereocenters. The molecule has 3 aliphatic rings. The van der Waals surface area contributed by atoms with E-state index < -0.39 is 11.9 Å². The number of methoxy groups -OCH3 is 1. The lowest BCUT2D eigenvalue weighted by Crippen LogP contribution is -2.52. The maximum absolute atomic E-state index is 13.4. The number of piperidine rings is 2. The lowest BCUT2D eigenvalue weighted by molar-refractivity contribution is -0.136. The van der Waals surface area contributed by atoms with Crippen LogP contribution in [0.25, 0.3) is 16.6 Å². The number of amides is 3. The maximum Gasteiger partial charge on any atom is 0.265 e. The predicted octanol–water partition coefficient (Wildman–Crippen LogP) is 2.93. The molecule has 224 valence electrons. The number of hydrogen-bond donors (Lipinski definition) is 1. The van der Waals surface area contributed by atoms with E-state index in [0.717, 1.165) is 43.6 Å². The molecule has 0 aliphatic carbocycles. The largest absolute Gasteiger partial charge is 0.481 e. The number of nitrogens with one attached hydrogen (secondary N) is 1. The number of pyridine rings is 1. The van der Waals surface area contributed by atoms with E-state index >= 15 is 0 Å². The third kappa shape index (κ3) is 5.13. The number of likely N-dealkylation sites (tertiary alicyclic amines) is 1. The number of carbonyl (C=O) groups is 3. The average Bonchev–Trinajstić information content (AvgIpc) is 3.37. The Morgan fingerprint density at radius 1 is 0.955 bits per heavy atom. The van der Waals surface area contributed by atoms with E-state index in [4.69, 9.17) is 4.74 Å². The third-order valence-electron chi connectivity index (χ3n) is 9.04. The van der Waals surface area contributed by atoms with E-state index in [1.165, 1.54) is 16.5 Å². The number of imide groups is 1. The summed E-state index contributed by atoms with van der Waals surface area (Å²) in [6.45, 7) is 2.95. The molecular formula is C33H32N6O5. The molecule has 44 heavy (non-hydrogen) atoms. The van der Waals surface area contributed by atoms with Gasteiger partial charge in [-0.05, 0) is 79.2 Å². The minimum absolute atomic E-state index is 0.145. The summed E-state index contributed by atoms with van der Waals surface area (Å²) >= 11 is 0. The Morgan fingerprint density at radius 3 is 2.55 bits per heavy atom. The van der Waals surface area contributed by atoms with Gasteiger partial charge in [-0.15, -0.1) is 0 Å². The first kappa shape index (κ1) is 27.9. The van der Waals surface area contributed by atoms with Crippen molar-refractivity contribution in [3.63, 3.8) is 0 Å². The molecule has 3 aliphatic heterocycles. The zero-order valence-electron chi connectivity index (χ0n) is 24.4. The molecule has 1 N–H and O–H groups in total. The van der Waals surface area contributed by atoms with Crippen LogP contribution in [0.1, 0.15) is 58.6 Å². The molecule has 2 aromatic heterocycles. The van der Waals surface area contributed by atoms with Gasteiger partial charge in [0.05, 0.1) is 29.9 Å². The van der Waals surface area contributed by atoms with E-state index in [-0.39, 0.29) is 23.8 Å². The van der Waals surface area contributed by atoms with Crippen LogP contribution in [0.2, 0.25) is 0 Å². The Kier molecular flexibility index (Phi) is 7.17. The van der Waals surface area contributed by atoms with Crippen LogP contribution < -0.4 is 15.6 Å². The molecule has 1 atom stereocenters. The fourth-order valence-electron chi connectivity index (χ4n) is 6.62. The molecule has 5 heterocycles. The molecule has 0 bridgehead atoms. The monoisotopic (exact) mass is 592 g/mol. The van der Waals surface area contributed by atoms with Gasteiger partial charge in [0.25, 0.3) is 11.5 Å². The summed E-state index contributed by atoms with van der Waals surface area (Å²) in [6.07, 6.45) is 5.69. The number of ether oxygens (including phenoxy) is 1. The van der Waals surface area contributed by atoms with Crippen molar-refractivity contribution in [2.45, 2.75) is 50.7 Å². The minimum Gasteiger partial charge on any atom is -0.481 e. The summed E-state index contributed by atoms with van der Waals surface area (Å²) in [4.78, 5) is 63.1. The van der Waals surface area contributed by atoms with Gasteiger partial charge in [0.15, 0.2) is 0 Å². The second-order valence-electron chi connectivity index (χ2n) is 11.7. The van der Waals surface area contributed by atoms with Crippen LogP contribution in [0.5, 0.6) is 5.88 Å². The Bertz CT molecular complexity index is 1840. The van der Waals surface area contributed by atoms with Gasteiger partial charge in [-0.1, -0.05) is 18.2 Å². The maximum atomic E-state index is 13.4. The zero-order chi connectivity index (χ0) is 30.4. The molecule has 4 aromatic rings. The number of carbonyl (C=O) groups excluding carboxylic acids is 3. The van der Waals surface area contributed by atoms with Crippen LogP contribution in [0.3, 0.4) is 0 Å². The minimum atomic E-state index is -0.604. The molecule has 2 saturated heterocycles. The summed E-state index contributed by atoms with van der Waals surface area (Å²) < 4.78 is 6.62. The van der Waals surface area contributed by atoms with Gasteiger partial charge in [0.2, 0.25) is 17.7 Å². The predicted molar refractivity (Wildman–Crippen MR) is 161 cm³/mol. The number of rotatable bonds is 6. The topological polar surface area (TPSA) is 127 Å². The highest BCUT2D eigenvalue weighted by Crippen LogP contribution is 2.34. The van der Waals surface area contributed by atoms with Crippen molar-refractivity contribution in [1.29, 1.82) is 0 Å². The van der Waals surface area contributed by atoms with Crippen molar-refractivity contribution in [2.75, 3.05) is 20.2 Å². The van der Waals surface area contributed by atoms with Gasteiger partial charge in [-0.3, -0.25) is 34.0 Å². The van der Waals surface area contributed by atoms with Crippen LogP contribution in [0.15, 0.2) is 65.8 Å². The highest BCUT2D eigenvalue weighted by Gasteiger charge is 2.39. The highest BCUT2D eigenvalue weighted by molar-refractivity contribution is 6.05. The van der Waals surface area contributed by atoms with Gasteiger partial charge in [0, 0.05) is 31.1 Å². The highest BCUT2D eigenvalue weighted by atomic mass is 16.5. The third-order valence-corrected chi connectivity index (χ3v) is 9.04. The first-order valence-electron chi connectivity index (χ1n) is 14.9. The van der Waals surface area contributed by atoms with Gasteiger partial charge in [-0.25, -0.2) is 9.97 Å². The molecule has 11 heteroatoms. The summed E-state index contributed by atoms with van der Waals surface area (Å²) in [5.41, 5.74) is 4.99. The molecule has 0 radical (unpaired) electrons. The van der Waals surface area contributed by atoms with E-state index in [9.17, 15) is 19.2 Å². The lowest BCUT2D eigenvalue weighted by Gasteiger charge is -2.32. The smallest absolute Gasteiger partial charge is 0.265 e.